The van der Waals surface area contributed by atoms with E-state index in [1.165, 1.54) is 186 Å². The summed E-state index contributed by atoms with van der Waals surface area (Å²) in [6.45, 7) is 4.22. The Morgan fingerprint density at radius 3 is 1.15 bits per heavy atom. The molecule has 0 radical (unpaired) electrons. The second-order valence-corrected chi connectivity index (χ2v) is 16.7. The number of allylic oxidation sites excluding steroid dienone is 4. The maximum Gasteiger partial charge on any atom is 0.249 e. The topological polar surface area (TPSA) is 89.8 Å². The Bertz CT molecular complexity index is 799. The van der Waals surface area contributed by atoms with E-state index in [9.17, 15) is 20.1 Å². The monoisotopic (exact) mass is 762 g/mol. The Kier molecular flexibility index (Phi) is 43.6. The summed E-state index contributed by atoms with van der Waals surface area (Å²) in [6, 6.07) is -0.715. The Balaban J connectivity index is 3.57. The van der Waals surface area contributed by atoms with Crippen molar-refractivity contribution in [2.24, 2.45) is 0 Å². The van der Waals surface area contributed by atoms with Crippen LogP contribution in [0.15, 0.2) is 24.3 Å². The van der Waals surface area contributed by atoms with E-state index in [4.69, 9.17) is 0 Å². The molecule has 0 fully saturated rings. The minimum Gasteiger partial charge on any atom is -0.394 e. The highest BCUT2D eigenvalue weighted by atomic mass is 16.3. The summed E-state index contributed by atoms with van der Waals surface area (Å²) in [6.07, 6.45) is 54.8. The second kappa shape index (κ2) is 44.5. The summed E-state index contributed by atoms with van der Waals surface area (Å²) in [7, 11) is 0. The SMILES string of the molecule is CCCCC/C=C\C/C=C\CCCCCCCCC(O)C(=O)NC(CO)C(O)CCCCCCCCCCCCCCCCCCCCCCCCCC. The molecule has 1 amide bonds. The molecule has 5 nitrogen and oxygen atoms in total. The van der Waals surface area contributed by atoms with Gasteiger partial charge in [-0.2, -0.15) is 0 Å². The van der Waals surface area contributed by atoms with Crippen molar-refractivity contribution in [3.05, 3.63) is 24.3 Å². The van der Waals surface area contributed by atoms with Crippen molar-refractivity contribution in [3.63, 3.8) is 0 Å². The maximum atomic E-state index is 12.5. The third-order valence-electron chi connectivity index (χ3n) is 11.3. The molecule has 3 atom stereocenters. The van der Waals surface area contributed by atoms with E-state index in [-0.39, 0.29) is 6.61 Å². The molecule has 0 bridgehead atoms. The minimum atomic E-state index is -1.08. The van der Waals surface area contributed by atoms with Crippen molar-refractivity contribution in [2.75, 3.05) is 6.61 Å². The molecule has 54 heavy (non-hydrogen) atoms. The van der Waals surface area contributed by atoms with Gasteiger partial charge >= 0.3 is 0 Å². The molecule has 3 unspecified atom stereocenters. The van der Waals surface area contributed by atoms with Crippen molar-refractivity contribution >= 4 is 5.91 Å². The van der Waals surface area contributed by atoms with Gasteiger partial charge in [0.25, 0.3) is 0 Å². The summed E-state index contributed by atoms with van der Waals surface area (Å²) in [4.78, 5) is 12.5. The third-order valence-corrected chi connectivity index (χ3v) is 11.3. The summed E-state index contributed by atoms with van der Waals surface area (Å²) in [5.41, 5.74) is 0. The van der Waals surface area contributed by atoms with Crippen LogP contribution in [0.3, 0.4) is 0 Å². The minimum absolute atomic E-state index is 0.316. The molecule has 0 rings (SSSR count). The van der Waals surface area contributed by atoms with E-state index in [0.717, 1.165) is 44.9 Å². The first-order valence-corrected chi connectivity index (χ1v) is 24.1. The highest BCUT2D eigenvalue weighted by molar-refractivity contribution is 5.80. The van der Waals surface area contributed by atoms with Crippen LogP contribution in [0.25, 0.3) is 0 Å². The van der Waals surface area contributed by atoms with Gasteiger partial charge in [-0.25, -0.2) is 0 Å². The van der Waals surface area contributed by atoms with Crippen molar-refractivity contribution in [1.29, 1.82) is 0 Å². The van der Waals surface area contributed by atoms with Crippen LogP contribution >= 0.6 is 0 Å². The van der Waals surface area contributed by atoms with Crippen molar-refractivity contribution in [3.8, 4) is 0 Å². The van der Waals surface area contributed by atoms with Gasteiger partial charge in [-0.3, -0.25) is 4.79 Å². The van der Waals surface area contributed by atoms with Gasteiger partial charge < -0.3 is 20.6 Å². The zero-order chi connectivity index (χ0) is 39.4. The standard InChI is InChI=1S/C49H95NO4/c1-3-5-7-9-11-13-15-17-19-21-22-23-24-25-26-27-28-30-31-33-35-37-39-41-43-47(52)46(45-51)50-49(54)48(53)44-42-40-38-36-34-32-29-20-18-16-14-12-10-8-6-4-2/h12,14,18,20,46-48,51-53H,3-11,13,15-17,19,21-45H2,1-2H3,(H,50,54)/b14-12-,20-18-. The van der Waals surface area contributed by atoms with E-state index in [2.05, 4.69) is 43.5 Å². The number of hydrogen-bond acceptors (Lipinski definition) is 4. The van der Waals surface area contributed by atoms with Gasteiger partial charge in [0.2, 0.25) is 5.91 Å². The Morgan fingerprint density at radius 2 is 0.759 bits per heavy atom. The van der Waals surface area contributed by atoms with Crippen LogP contribution in [0, 0.1) is 0 Å². The molecule has 320 valence electrons. The summed E-state index contributed by atoms with van der Waals surface area (Å²) < 4.78 is 0. The molecule has 0 aromatic rings. The van der Waals surface area contributed by atoms with E-state index in [1.54, 1.807) is 0 Å². The van der Waals surface area contributed by atoms with Crippen molar-refractivity contribution in [1.82, 2.24) is 5.32 Å². The lowest BCUT2D eigenvalue weighted by Crippen LogP contribution is -2.49. The number of carbonyl (C=O) groups is 1. The van der Waals surface area contributed by atoms with Gasteiger partial charge in [0, 0.05) is 0 Å². The number of nitrogens with one attached hydrogen (secondary N) is 1. The molecular formula is C49H95NO4. The van der Waals surface area contributed by atoms with Crippen LogP contribution in [0.5, 0.6) is 0 Å². The summed E-state index contributed by atoms with van der Waals surface area (Å²) in [5, 5.41) is 33.4. The predicted molar refractivity (Wildman–Crippen MR) is 236 cm³/mol. The average molecular weight is 762 g/mol. The number of rotatable bonds is 44. The Labute approximate surface area is 337 Å². The first-order chi connectivity index (χ1) is 26.6. The van der Waals surface area contributed by atoms with Gasteiger partial charge in [0.05, 0.1) is 18.8 Å². The second-order valence-electron chi connectivity index (χ2n) is 16.7. The van der Waals surface area contributed by atoms with E-state index in [1.807, 2.05) is 0 Å². The van der Waals surface area contributed by atoms with Gasteiger partial charge in [-0.15, -0.1) is 0 Å². The quantitative estimate of drug-likeness (QED) is 0.0368. The molecule has 0 aromatic heterocycles. The fraction of sp³-hybridized carbons (Fsp3) is 0.898. The van der Waals surface area contributed by atoms with Crippen LogP contribution in [-0.4, -0.2) is 46.1 Å². The number of amides is 1. The van der Waals surface area contributed by atoms with Crippen LogP contribution in [0.2, 0.25) is 0 Å². The molecule has 0 spiro atoms. The fourth-order valence-electron chi connectivity index (χ4n) is 7.52. The smallest absolute Gasteiger partial charge is 0.249 e. The van der Waals surface area contributed by atoms with Crippen molar-refractivity contribution in [2.45, 2.75) is 276 Å². The van der Waals surface area contributed by atoms with Gasteiger partial charge in [0.1, 0.15) is 6.10 Å². The molecule has 0 saturated carbocycles. The third kappa shape index (κ3) is 39.1. The van der Waals surface area contributed by atoms with Crippen LogP contribution in [-0.2, 0) is 4.79 Å². The van der Waals surface area contributed by atoms with Crippen LogP contribution in [0.4, 0.5) is 0 Å². The van der Waals surface area contributed by atoms with Gasteiger partial charge in [-0.1, -0.05) is 237 Å². The van der Waals surface area contributed by atoms with E-state index in [0.29, 0.717) is 12.8 Å². The van der Waals surface area contributed by atoms with Gasteiger partial charge in [0.15, 0.2) is 0 Å². The fourth-order valence-corrected chi connectivity index (χ4v) is 7.52. The average Bonchev–Trinajstić information content (AvgIpc) is 3.18. The molecule has 4 N–H and O–H groups in total. The van der Waals surface area contributed by atoms with E-state index < -0.39 is 24.2 Å². The number of hydrogen-bond donors (Lipinski definition) is 4. The number of aliphatic hydroxyl groups excluding tert-OH is 3. The number of unbranched alkanes of at least 4 members (excludes halogenated alkanes) is 32. The maximum absolute atomic E-state index is 12.5. The molecule has 0 saturated heterocycles. The lowest BCUT2D eigenvalue weighted by atomic mass is 10.0. The first kappa shape index (κ1) is 52.8. The predicted octanol–water partition coefficient (Wildman–Crippen LogP) is 14.2. The summed E-state index contributed by atoms with van der Waals surface area (Å²) >= 11 is 0. The zero-order valence-corrected chi connectivity index (χ0v) is 36.4. The highest BCUT2D eigenvalue weighted by Crippen LogP contribution is 2.17. The highest BCUT2D eigenvalue weighted by Gasteiger charge is 2.23. The molecule has 0 aliphatic carbocycles. The van der Waals surface area contributed by atoms with Crippen LogP contribution in [0.1, 0.15) is 258 Å². The lowest BCUT2D eigenvalue weighted by Gasteiger charge is -2.23. The lowest BCUT2D eigenvalue weighted by molar-refractivity contribution is -0.131. The molecule has 0 aliphatic rings. The normalized spacial score (nSPS) is 13.6. The van der Waals surface area contributed by atoms with E-state index >= 15 is 0 Å². The molecule has 0 aromatic carbocycles. The molecule has 0 aliphatic heterocycles. The van der Waals surface area contributed by atoms with Crippen LogP contribution < -0.4 is 5.32 Å². The molecule has 5 heteroatoms. The van der Waals surface area contributed by atoms with Gasteiger partial charge in [-0.05, 0) is 44.9 Å². The van der Waals surface area contributed by atoms with Crippen molar-refractivity contribution < 1.29 is 20.1 Å². The Hall–Kier alpha value is -1.17. The molecule has 0 heterocycles. The first-order valence-electron chi connectivity index (χ1n) is 24.1. The Morgan fingerprint density at radius 1 is 0.444 bits per heavy atom. The zero-order valence-electron chi connectivity index (χ0n) is 36.4. The largest absolute Gasteiger partial charge is 0.394 e. The molecular weight excluding hydrogens is 667 g/mol. The summed E-state index contributed by atoms with van der Waals surface area (Å²) in [5.74, 6) is -0.477. The number of aliphatic hydroxyl groups is 3. The number of carbonyl (C=O) groups excluding carboxylic acids is 1.